The first-order valence-corrected chi connectivity index (χ1v) is 8.81. The van der Waals surface area contributed by atoms with Crippen LogP contribution in [0.2, 0.25) is 5.02 Å². The second-order valence-corrected chi connectivity index (χ2v) is 6.43. The van der Waals surface area contributed by atoms with Crippen molar-refractivity contribution in [3.63, 3.8) is 0 Å². The number of halogens is 1. The minimum atomic E-state index is -0.190. The van der Waals surface area contributed by atoms with Gasteiger partial charge in [0.05, 0.1) is 26.0 Å². The van der Waals surface area contributed by atoms with Crippen molar-refractivity contribution in [3.8, 4) is 0 Å². The maximum atomic E-state index is 12.1. The molecule has 1 aromatic carbocycles. The fourth-order valence-corrected chi connectivity index (χ4v) is 2.80. The summed E-state index contributed by atoms with van der Waals surface area (Å²) in [6.45, 7) is 5.66. The smallest absolute Gasteiger partial charge is 0.273 e. The summed E-state index contributed by atoms with van der Waals surface area (Å²) in [5, 5.41) is 11.5. The van der Waals surface area contributed by atoms with Crippen LogP contribution in [0.15, 0.2) is 30.5 Å². The lowest BCUT2D eigenvalue weighted by molar-refractivity contribution is 0.0374. The van der Waals surface area contributed by atoms with Crippen LogP contribution in [-0.4, -0.2) is 65.2 Å². The first-order valence-electron chi connectivity index (χ1n) is 8.43. The Labute approximate surface area is 151 Å². The summed E-state index contributed by atoms with van der Waals surface area (Å²) in [5.41, 5.74) is 1.38. The van der Waals surface area contributed by atoms with Gasteiger partial charge in [0.15, 0.2) is 5.69 Å². The van der Waals surface area contributed by atoms with E-state index < -0.39 is 0 Å². The highest BCUT2D eigenvalue weighted by molar-refractivity contribution is 6.30. The predicted octanol–water partition coefficient (Wildman–Crippen LogP) is 1.43. The Bertz CT molecular complexity index is 683. The van der Waals surface area contributed by atoms with Gasteiger partial charge in [-0.2, -0.15) is 0 Å². The second-order valence-electron chi connectivity index (χ2n) is 5.99. The molecule has 0 spiro atoms. The van der Waals surface area contributed by atoms with Gasteiger partial charge in [-0.25, -0.2) is 4.68 Å². The number of nitrogens with zero attached hydrogens (tertiary/aromatic N) is 4. The summed E-state index contributed by atoms with van der Waals surface area (Å²) in [6.07, 6.45) is 2.57. The quantitative estimate of drug-likeness (QED) is 0.753. The molecule has 1 aliphatic heterocycles. The molecule has 0 atom stereocenters. The average molecular weight is 364 g/mol. The van der Waals surface area contributed by atoms with Gasteiger partial charge in [0.1, 0.15) is 0 Å². The zero-order chi connectivity index (χ0) is 17.5. The number of hydrogen-bond donors (Lipinski definition) is 1. The minimum absolute atomic E-state index is 0.190. The van der Waals surface area contributed by atoms with Gasteiger partial charge >= 0.3 is 0 Å². The van der Waals surface area contributed by atoms with Crippen LogP contribution in [0.3, 0.4) is 0 Å². The van der Waals surface area contributed by atoms with Crippen LogP contribution in [0.5, 0.6) is 0 Å². The number of hydrogen-bond acceptors (Lipinski definition) is 5. The summed E-state index contributed by atoms with van der Waals surface area (Å²) in [6, 6.07) is 7.51. The Hall–Kier alpha value is -1.96. The maximum Gasteiger partial charge on any atom is 0.273 e. The standard InChI is InChI=1S/C17H22ClN5O2/c18-15-4-2-14(3-5-15)12-23-13-16(20-21-23)17(24)19-6-1-7-22-8-10-25-11-9-22/h2-5,13H,1,6-12H2,(H,19,24). The van der Waals surface area contributed by atoms with Crippen LogP contribution in [-0.2, 0) is 11.3 Å². The molecule has 0 radical (unpaired) electrons. The predicted molar refractivity (Wildman–Crippen MR) is 94.8 cm³/mol. The van der Waals surface area contributed by atoms with Crippen molar-refractivity contribution in [2.75, 3.05) is 39.4 Å². The lowest BCUT2D eigenvalue weighted by atomic mass is 10.2. The molecule has 1 aromatic heterocycles. The van der Waals surface area contributed by atoms with E-state index in [1.807, 2.05) is 24.3 Å². The van der Waals surface area contributed by atoms with Gasteiger partial charge in [0.25, 0.3) is 5.91 Å². The molecule has 1 saturated heterocycles. The van der Waals surface area contributed by atoms with E-state index in [1.165, 1.54) is 0 Å². The van der Waals surface area contributed by atoms with Crippen molar-refractivity contribution in [2.24, 2.45) is 0 Å². The number of nitrogens with one attached hydrogen (secondary N) is 1. The molecular formula is C17H22ClN5O2. The molecule has 1 N–H and O–H groups in total. The highest BCUT2D eigenvalue weighted by Crippen LogP contribution is 2.10. The average Bonchev–Trinajstić information content (AvgIpc) is 3.10. The monoisotopic (exact) mass is 363 g/mol. The molecule has 0 bridgehead atoms. The Morgan fingerprint density at radius 2 is 2.00 bits per heavy atom. The molecule has 1 aliphatic rings. The number of ether oxygens (including phenoxy) is 1. The van der Waals surface area contributed by atoms with E-state index in [0.717, 1.165) is 44.8 Å². The van der Waals surface area contributed by atoms with Gasteiger partial charge in [-0.3, -0.25) is 9.69 Å². The van der Waals surface area contributed by atoms with Crippen molar-refractivity contribution >= 4 is 17.5 Å². The first kappa shape index (κ1) is 17.8. The molecular weight excluding hydrogens is 342 g/mol. The summed E-state index contributed by atoms with van der Waals surface area (Å²) >= 11 is 5.87. The highest BCUT2D eigenvalue weighted by Gasteiger charge is 2.12. The Morgan fingerprint density at radius 1 is 1.24 bits per heavy atom. The summed E-state index contributed by atoms with van der Waals surface area (Å²) < 4.78 is 6.96. The van der Waals surface area contributed by atoms with E-state index in [-0.39, 0.29) is 5.91 Å². The van der Waals surface area contributed by atoms with Crippen molar-refractivity contribution in [1.29, 1.82) is 0 Å². The second kappa shape index (κ2) is 8.94. The molecule has 134 valence electrons. The third kappa shape index (κ3) is 5.52. The van der Waals surface area contributed by atoms with Gasteiger partial charge in [-0.05, 0) is 30.7 Å². The van der Waals surface area contributed by atoms with Crippen molar-refractivity contribution in [3.05, 3.63) is 46.7 Å². The molecule has 2 aromatic rings. The first-order chi connectivity index (χ1) is 12.2. The zero-order valence-electron chi connectivity index (χ0n) is 14.0. The normalized spacial score (nSPS) is 15.2. The summed E-state index contributed by atoms with van der Waals surface area (Å²) in [7, 11) is 0. The van der Waals surface area contributed by atoms with E-state index in [9.17, 15) is 4.79 Å². The Balaban J connectivity index is 1.41. The van der Waals surface area contributed by atoms with E-state index in [4.69, 9.17) is 16.3 Å². The molecule has 0 unspecified atom stereocenters. The van der Waals surface area contributed by atoms with Gasteiger partial charge in [0.2, 0.25) is 0 Å². The molecule has 0 saturated carbocycles. The molecule has 2 heterocycles. The largest absolute Gasteiger partial charge is 0.379 e. The Kier molecular flexibility index (Phi) is 6.38. The van der Waals surface area contributed by atoms with Crippen LogP contribution < -0.4 is 5.32 Å². The summed E-state index contributed by atoms with van der Waals surface area (Å²) in [5.74, 6) is -0.190. The number of carbonyl (C=O) groups excluding carboxylic acids is 1. The molecule has 25 heavy (non-hydrogen) atoms. The fourth-order valence-electron chi connectivity index (χ4n) is 2.68. The molecule has 3 rings (SSSR count). The fraction of sp³-hybridized carbons (Fsp3) is 0.471. The molecule has 1 amide bonds. The van der Waals surface area contributed by atoms with Crippen molar-refractivity contribution < 1.29 is 9.53 Å². The van der Waals surface area contributed by atoms with E-state index in [2.05, 4.69) is 20.5 Å². The number of aromatic nitrogens is 3. The molecule has 8 heteroatoms. The third-order valence-corrected chi connectivity index (χ3v) is 4.32. The highest BCUT2D eigenvalue weighted by atomic mass is 35.5. The number of carbonyl (C=O) groups is 1. The van der Waals surface area contributed by atoms with Crippen LogP contribution in [0, 0.1) is 0 Å². The Morgan fingerprint density at radius 3 is 2.76 bits per heavy atom. The number of morpholine rings is 1. The van der Waals surface area contributed by atoms with Crippen molar-refractivity contribution in [1.82, 2.24) is 25.2 Å². The van der Waals surface area contributed by atoms with Crippen LogP contribution in [0.1, 0.15) is 22.5 Å². The SMILES string of the molecule is O=C(NCCCN1CCOCC1)c1cn(Cc2ccc(Cl)cc2)nn1. The van der Waals surface area contributed by atoms with Crippen LogP contribution in [0.4, 0.5) is 0 Å². The van der Waals surface area contributed by atoms with Crippen molar-refractivity contribution in [2.45, 2.75) is 13.0 Å². The number of amides is 1. The molecule has 1 fully saturated rings. The van der Waals surface area contributed by atoms with Crippen LogP contribution in [0.25, 0.3) is 0 Å². The summed E-state index contributed by atoms with van der Waals surface area (Å²) in [4.78, 5) is 14.5. The number of rotatable bonds is 7. The maximum absolute atomic E-state index is 12.1. The van der Waals surface area contributed by atoms with Crippen LogP contribution >= 0.6 is 11.6 Å². The topological polar surface area (TPSA) is 72.3 Å². The minimum Gasteiger partial charge on any atom is -0.379 e. The van der Waals surface area contributed by atoms with Gasteiger partial charge < -0.3 is 10.1 Å². The lowest BCUT2D eigenvalue weighted by Crippen LogP contribution is -2.38. The van der Waals surface area contributed by atoms with E-state index in [0.29, 0.717) is 23.8 Å². The van der Waals surface area contributed by atoms with E-state index >= 15 is 0 Å². The molecule has 0 aliphatic carbocycles. The molecule has 7 nitrogen and oxygen atoms in total. The van der Waals surface area contributed by atoms with Gasteiger partial charge in [-0.1, -0.05) is 28.9 Å². The lowest BCUT2D eigenvalue weighted by Gasteiger charge is -2.26. The zero-order valence-corrected chi connectivity index (χ0v) is 14.8. The van der Waals surface area contributed by atoms with Gasteiger partial charge in [-0.15, -0.1) is 5.10 Å². The van der Waals surface area contributed by atoms with E-state index in [1.54, 1.807) is 10.9 Å². The third-order valence-electron chi connectivity index (χ3n) is 4.07. The van der Waals surface area contributed by atoms with Gasteiger partial charge in [0, 0.05) is 24.7 Å². The number of benzene rings is 1.